The maximum absolute atomic E-state index is 11.4. The van der Waals surface area contributed by atoms with Gasteiger partial charge in [0.2, 0.25) is 0 Å². The summed E-state index contributed by atoms with van der Waals surface area (Å²) in [4.78, 5) is 11.4. The Kier molecular flexibility index (Phi) is 4.90. The molecule has 6 nitrogen and oxygen atoms in total. The number of carboxylic acids is 1. The van der Waals surface area contributed by atoms with Gasteiger partial charge in [-0.25, -0.2) is 4.68 Å². The van der Waals surface area contributed by atoms with E-state index in [0.717, 1.165) is 0 Å². The fraction of sp³-hybridized carbons (Fsp3) is 0.526. The molecule has 0 spiro atoms. The molecule has 0 bridgehead atoms. The van der Waals surface area contributed by atoms with E-state index >= 15 is 0 Å². The van der Waals surface area contributed by atoms with Crippen molar-refractivity contribution in [3.8, 4) is 0 Å². The van der Waals surface area contributed by atoms with Crippen molar-refractivity contribution in [2.45, 2.75) is 57.7 Å². The highest BCUT2D eigenvalue weighted by molar-refractivity contribution is 5.70. The van der Waals surface area contributed by atoms with Crippen LogP contribution in [-0.2, 0) is 16.8 Å². The van der Waals surface area contributed by atoms with Crippen molar-refractivity contribution in [2.75, 3.05) is 0 Å². The highest BCUT2D eigenvalue weighted by Crippen LogP contribution is 2.35. The number of nitrogens with zero attached hydrogens (tertiary/aromatic N) is 3. The number of carboxylic acid groups (broad SMARTS) is 1. The van der Waals surface area contributed by atoms with Gasteiger partial charge in [-0.3, -0.25) is 4.79 Å². The number of hydrogen-bond donors (Lipinski definition) is 2. The van der Waals surface area contributed by atoms with E-state index in [4.69, 9.17) is 0 Å². The van der Waals surface area contributed by atoms with Crippen molar-refractivity contribution in [1.29, 1.82) is 0 Å². The molecule has 0 saturated heterocycles. The van der Waals surface area contributed by atoms with Crippen molar-refractivity contribution in [2.24, 2.45) is 5.92 Å². The van der Waals surface area contributed by atoms with E-state index in [-0.39, 0.29) is 23.4 Å². The van der Waals surface area contributed by atoms with Crippen molar-refractivity contribution < 1.29 is 9.90 Å². The Morgan fingerprint density at radius 2 is 2.16 bits per heavy atom. The lowest BCUT2D eigenvalue weighted by molar-refractivity contribution is -0.141. The molecular formula is C19H26N4O2. The molecule has 2 N–H and O–H groups in total. The summed E-state index contributed by atoms with van der Waals surface area (Å²) in [7, 11) is 0. The topological polar surface area (TPSA) is 80.0 Å². The molecule has 3 atom stereocenters. The van der Waals surface area contributed by atoms with E-state index in [1.807, 2.05) is 6.20 Å². The van der Waals surface area contributed by atoms with Crippen molar-refractivity contribution >= 4 is 5.97 Å². The van der Waals surface area contributed by atoms with E-state index in [2.05, 4.69) is 60.7 Å². The van der Waals surface area contributed by atoms with Crippen LogP contribution < -0.4 is 5.32 Å². The van der Waals surface area contributed by atoms with Crippen LogP contribution in [0.15, 0.2) is 36.7 Å². The van der Waals surface area contributed by atoms with Crippen molar-refractivity contribution in [1.82, 2.24) is 20.3 Å². The zero-order valence-electron chi connectivity index (χ0n) is 15.0. The Balaban J connectivity index is 1.71. The minimum absolute atomic E-state index is 0.0226. The van der Waals surface area contributed by atoms with Crippen LogP contribution in [0.4, 0.5) is 0 Å². The zero-order chi connectivity index (χ0) is 18.0. The molecule has 0 aliphatic heterocycles. The summed E-state index contributed by atoms with van der Waals surface area (Å²) in [5, 5.41) is 20.9. The van der Waals surface area contributed by atoms with Gasteiger partial charge in [0.15, 0.2) is 0 Å². The third-order valence-electron chi connectivity index (χ3n) is 5.02. The number of aliphatic carboxylic acids is 1. The molecule has 2 aromatic rings. The fourth-order valence-electron chi connectivity index (χ4n) is 3.52. The third-order valence-corrected chi connectivity index (χ3v) is 5.02. The van der Waals surface area contributed by atoms with Gasteiger partial charge >= 0.3 is 5.97 Å². The Labute approximate surface area is 148 Å². The van der Waals surface area contributed by atoms with Crippen LogP contribution in [0.5, 0.6) is 0 Å². The molecule has 1 aliphatic carbocycles. The molecule has 1 saturated carbocycles. The zero-order valence-corrected chi connectivity index (χ0v) is 15.0. The van der Waals surface area contributed by atoms with Crippen LogP contribution in [0.25, 0.3) is 0 Å². The molecule has 1 heterocycles. The van der Waals surface area contributed by atoms with Crippen LogP contribution in [0, 0.1) is 5.92 Å². The monoisotopic (exact) mass is 342 g/mol. The predicted octanol–water partition coefficient (Wildman–Crippen LogP) is 2.77. The molecule has 1 aliphatic rings. The molecule has 1 unspecified atom stereocenters. The molecule has 134 valence electrons. The summed E-state index contributed by atoms with van der Waals surface area (Å²) in [5.41, 5.74) is 2.62. The second-order valence-corrected chi connectivity index (χ2v) is 7.89. The third kappa shape index (κ3) is 4.07. The summed E-state index contributed by atoms with van der Waals surface area (Å²) in [6.07, 6.45) is 4.64. The summed E-state index contributed by atoms with van der Waals surface area (Å²) in [6.45, 7) is 7.32. The Hall–Kier alpha value is -2.21. The van der Waals surface area contributed by atoms with Crippen LogP contribution in [-0.4, -0.2) is 32.1 Å². The van der Waals surface area contributed by atoms with E-state index in [1.165, 1.54) is 11.1 Å². The van der Waals surface area contributed by atoms with Gasteiger partial charge in [0, 0.05) is 18.8 Å². The number of hydrogen-bond acceptors (Lipinski definition) is 4. The van der Waals surface area contributed by atoms with Crippen LogP contribution in [0.1, 0.15) is 50.8 Å². The molecule has 1 aromatic heterocycles. The van der Waals surface area contributed by atoms with Gasteiger partial charge in [0.05, 0.1) is 18.2 Å². The summed E-state index contributed by atoms with van der Waals surface area (Å²) in [5.74, 6) is -1.07. The first-order chi connectivity index (χ1) is 11.8. The highest BCUT2D eigenvalue weighted by atomic mass is 16.4. The predicted molar refractivity (Wildman–Crippen MR) is 95.2 cm³/mol. The lowest BCUT2D eigenvalue weighted by Crippen LogP contribution is -2.34. The van der Waals surface area contributed by atoms with Crippen LogP contribution in [0.3, 0.4) is 0 Å². The minimum atomic E-state index is -0.732. The van der Waals surface area contributed by atoms with Gasteiger partial charge in [-0.15, -0.1) is 5.10 Å². The second-order valence-electron chi connectivity index (χ2n) is 7.89. The van der Waals surface area contributed by atoms with Crippen LogP contribution in [0.2, 0.25) is 0 Å². The van der Waals surface area contributed by atoms with Crippen molar-refractivity contribution in [3.05, 3.63) is 47.8 Å². The maximum atomic E-state index is 11.4. The first-order valence-electron chi connectivity index (χ1n) is 8.76. The normalized spacial score (nSPS) is 23.7. The largest absolute Gasteiger partial charge is 0.481 e. The summed E-state index contributed by atoms with van der Waals surface area (Å²) in [6, 6.07) is 8.66. The van der Waals surface area contributed by atoms with Gasteiger partial charge in [-0.1, -0.05) is 50.3 Å². The van der Waals surface area contributed by atoms with Crippen molar-refractivity contribution in [3.63, 3.8) is 0 Å². The number of nitrogens with one attached hydrogen (secondary N) is 1. The van der Waals surface area contributed by atoms with E-state index in [1.54, 1.807) is 10.9 Å². The lowest BCUT2D eigenvalue weighted by Gasteiger charge is -2.22. The van der Waals surface area contributed by atoms with Crippen LogP contribution >= 0.6 is 0 Å². The number of rotatable bonds is 5. The first-order valence-corrected chi connectivity index (χ1v) is 8.76. The van der Waals surface area contributed by atoms with E-state index < -0.39 is 5.97 Å². The fourth-order valence-corrected chi connectivity index (χ4v) is 3.52. The average Bonchev–Trinajstić information content (AvgIpc) is 3.21. The first kappa shape index (κ1) is 17.6. The van der Waals surface area contributed by atoms with E-state index in [9.17, 15) is 9.90 Å². The second kappa shape index (κ2) is 6.96. The Morgan fingerprint density at radius 1 is 1.36 bits per heavy atom. The maximum Gasteiger partial charge on any atom is 0.306 e. The van der Waals surface area contributed by atoms with E-state index in [0.29, 0.717) is 19.4 Å². The average molecular weight is 342 g/mol. The van der Waals surface area contributed by atoms with Gasteiger partial charge in [0.1, 0.15) is 0 Å². The van der Waals surface area contributed by atoms with Gasteiger partial charge in [-0.2, -0.15) is 0 Å². The molecule has 0 amide bonds. The molecule has 3 rings (SSSR count). The number of benzene rings is 1. The van der Waals surface area contributed by atoms with Gasteiger partial charge in [-0.05, 0) is 29.4 Å². The Morgan fingerprint density at radius 3 is 2.80 bits per heavy atom. The SMILES string of the molecule is CC(C)(C)c1cccc(CN[C@@H]2CC(C(=O)O)C[C@@H]2n2ccnn2)c1. The van der Waals surface area contributed by atoms with Gasteiger partial charge < -0.3 is 10.4 Å². The molecule has 1 fully saturated rings. The number of aromatic nitrogens is 3. The Bertz CT molecular complexity index is 721. The standard InChI is InChI=1S/C19H26N4O2/c1-19(2,3)15-6-4-5-13(9-15)12-20-16-10-14(18(24)25)11-17(16)23-8-7-21-22-23/h4-9,14,16-17,20H,10-12H2,1-3H3,(H,24,25)/t14?,16-,17+/m1/s1. The van der Waals surface area contributed by atoms with Gasteiger partial charge in [0.25, 0.3) is 0 Å². The number of carbonyl (C=O) groups is 1. The highest BCUT2D eigenvalue weighted by Gasteiger charge is 2.39. The lowest BCUT2D eigenvalue weighted by atomic mass is 9.86. The molecular weight excluding hydrogens is 316 g/mol. The molecule has 0 radical (unpaired) electrons. The molecule has 1 aromatic carbocycles. The smallest absolute Gasteiger partial charge is 0.306 e. The molecule has 25 heavy (non-hydrogen) atoms. The summed E-state index contributed by atoms with van der Waals surface area (Å²) >= 11 is 0. The molecule has 6 heteroatoms. The minimum Gasteiger partial charge on any atom is -0.481 e. The quantitative estimate of drug-likeness (QED) is 0.873. The summed E-state index contributed by atoms with van der Waals surface area (Å²) < 4.78 is 1.78.